The van der Waals surface area contributed by atoms with Crippen molar-refractivity contribution in [3.05, 3.63) is 58.5 Å². The maximum atomic E-state index is 13.4. The second-order valence-electron chi connectivity index (χ2n) is 4.62. The van der Waals surface area contributed by atoms with Gasteiger partial charge >= 0.3 is 0 Å². The fourth-order valence-corrected chi connectivity index (χ4v) is 2.38. The summed E-state index contributed by atoms with van der Waals surface area (Å²) in [5.41, 5.74) is 3.30. The van der Waals surface area contributed by atoms with Crippen molar-refractivity contribution < 1.29 is 4.39 Å². The van der Waals surface area contributed by atoms with Gasteiger partial charge in [-0.25, -0.2) is 9.37 Å². The maximum absolute atomic E-state index is 13.4. The Morgan fingerprint density at radius 3 is 2.80 bits per heavy atom. The molecule has 0 aliphatic heterocycles. The summed E-state index contributed by atoms with van der Waals surface area (Å²) in [5, 5.41) is 1.42. The molecule has 0 N–H and O–H groups in total. The van der Waals surface area contributed by atoms with Gasteiger partial charge in [-0.15, -0.1) is 0 Å². The summed E-state index contributed by atoms with van der Waals surface area (Å²) in [6.45, 7) is 5.98. The number of aromatic nitrogens is 1. The lowest BCUT2D eigenvalue weighted by atomic mass is 10.0. The fourth-order valence-electron chi connectivity index (χ4n) is 2.13. The van der Waals surface area contributed by atoms with Crippen molar-refractivity contribution in [2.24, 2.45) is 0 Å². The van der Waals surface area contributed by atoms with Crippen LogP contribution < -0.4 is 0 Å². The van der Waals surface area contributed by atoms with E-state index in [0.29, 0.717) is 10.5 Å². The number of hydrogen-bond donors (Lipinski definition) is 0. The number of nitrogens with zero attached hydrogens (tertiary/aromatic N) is 1. The van der Waals surface area contributed by atoms with Crippen molar-refractivity contribution in [1.29, 1.82) is 0 Å². The van der Waals surface area contributed by atoms with E-state index >= 15 is 0 Å². The number of fused-ring (bicyclic) bond motifs is 1. The Hall–Kier alpha value is -1.67. The Bertz CT molecular complexity index is 702. The lowest BCUT2D eigenvalue weighted by Gasteiger charge is -2.11. The Balaban J connectivity index is 2.70. The number of hydrogen-bond acceptors (Lipinski definition) is 1. The average Bonchev–Trinajstić information content (AvgIpc) is 2.44. The van der Waals surface area contributed by atoms with Gasteiger partial charge in [-0.3, -0.25) is 0 Å². The number of halogens is 2. The van der Waals surface area contributed by atoms with E-state index in [4.69, 9.17) is 11.6 Å². The number of benzene rings is 1. The Labute approximate surface area is 123 Å². The highest BCUT2D eigenvalue weighted by Crippen LogP contribution is 2.31. The number of rotatable bonds is 3. The quantitative estimate of drug-likeness (QED) is 0.660. The minimum absolute atomic E-state index is 0.304. The molecular formula is C17H17ClFN. The molecule has 0 radical (unpaired) electrons. The predicted molar refractivity (Wildman–Crippen MR) is 84.5 cm³/mol. The van der Waals surface area contributed by atoms with Gasteiger partial charge in [0.15, 0.2) is 0 Å². The summed E-state index contributed by atoms with van der Waals surface area (Å²) in [6.07, 6.45) is 7.03. The molecular weight excluding hydrogens is 273 g/mol. The molecule has 104 valence electrons. The van der Waals surface area contributed by atoms with Gasteiger partial charge in [0, 0.05) is 11.5 Å². The van der Waals surface area contributed by atoms with Gasteiger partial charge in [-0.1, -0.05) is 36.8 Å². The van der Waals surface area contributed by atoms with Crippen LogP contribution in [0.15, 0.2) is 36.4 Å². The molecule has 20 heavy (non-hydrogen) atoms. The van der Waals surface area contributed by atoms with Crippen LogP contribution in [0.4, 0.5) is 4.39 Å². The third kappa shape index (κ3) is 2.75. The van der Waals surface area contributed by atoms with E-state index in [9.17, 15) is 4.39 Å². The van der Waals surface area contributed by atoms with Crippen molar-refractivity contribution in [1.82, 2.24) is 4.98 Å². The van der Waals surface area contributed by atoms with Crippen LogP contribution in [0.3, 0.4) is 0 Å². The Morgan fingerprint density at radius 2 is 2.15 bits per heavy atom. The van der Waals surface area contributed by atoms with E-state index in [-0.39, 0.29) is 5.82 Å². The standard InChI is InChI=1S/C17H17ClFN/c1-4-6-7-12(5-2)17-11(3)16(18)14-9-8-13(19)10-15(14)20-17/h5-10H,4H2,1-3H3. The highest BCUT2D eigenvalue weighted by Gasteiger charge is 2.12. The van der Waals surface area contributed by atoms with E-state index in [1.807, 2.05) is 26.0 Å². The zero-order chi connectivity index (χ0) is 14.7. The van der Waals surface area contributed by atoms with Gasteiger partial charge in [0.25, 0.3) is 0 Å². The topological polar surface area (TPSA) is 12.9 Å². The van der Waals surface area contributed by atoms with E-state index in [0.717, 1.165) is 28.6 Å². The van der Waals surface area contributed by atoms with Crippen molar-refractivity contribution in [2.45, 2.75) is 27.2 Å². The normalized spacial score (nSPS) is 12.6. The molecule has 0 bridgehead atoms. The molecule has 1 aromatic heterocycles. The van der Waals surface area contributed by atoms with Crippen LogP contribution in [0.25, 0.3) is 16.5 Å². The summed E-state index contributed by atoms with van der Waals surface area (Å²) in [7, 11) is 0. The second-order valence-corrected chi connectivity index (χ2v) is 4.99. The molecule has 0 saturated carbocycles. The molecule has 0 aliphatic rings. The van der Waals surface area contributed by atoms with Crippen molar-refractivity contribution in [2.75, 3.05) is 0 Å². The Morgan fingerprint density at radius 1 is 1.40 bits per heavy atom. The third-order valence-electron chi connectivity index (χ3n) is 3.23. The molecule has 2 rings (SSSR count). The van der Waals surface area contributed by atoms with E-state index in [2.05, 4.69) is 18.0 Å². The minimum Gasteiger partial charge on any atom is -0.247 e. The Kier molecular flexibility index (Phi) is 4.56. The van der Waals surface area contributed by atoms with Crippen molar-refractivity contribution in [3.63, 3.8) is 0 Å². The zero-order valence-electron chi connectivity index (χ0n) is 11.9. The molecule has 0 aliphatic carbocycles. The van der Waals surface area contributed by atoms with Gasteiger partial charge in [0.2, 0.25) is 0 Å². The van der Waals surface area contributed by atoms with Gasteiger partial charge in [0.1, 0.15) is 5.82 Å². The first-order valence-electron chi connectivity index (χ1n) is 6.67. The van der Waals surface area contributed by atoms with Crippen LogP contribution in [0.5, 0.6) is 0 Å². The SMILES string of the molecule is CC=C(C=CCC)c1nc2cc(F)ccc2c(Cl)c1C. The van der Waals surface area contributed by atoms with Gasteiger partial charge in [0.05, 0.1) is 16.2 Å². The second kappa shape index (κ2) is 6.19. The van der Waals surface area contributed by atoms with Crippen LogP contribution in [0, 0.1) is 12.7 Å². The lowest BCUT2D eigenvalue weighted by molar-refractivity contribution is 0.629. The van der Waals surface area contributed by atoms with Crippen LogP contribution in [0.1, 0.15) is 31.5 Å². The molecule has 0 saturated heterocycles. The fraction of sp³-hybridized carbons (Fsp3) is 0.235. The van der Waals surface area contributed by atoms with E-state index in [1.165, 1.54) is 12.1 Å². The average molecular weight is 290 g/mol. The smallest absolute Gasteiger partial charge is 0.125 e. The van der Waals surface area contributed by atoms with E-state index in [1.54, 1.807) is 6.07 Å². The predicted octanol–water partition coefficient (Wildman–Crippen LogP) is 5.71. The molecule has 0 amide bonds. The van der Waals surface area contributed by atoms with Gasteiger partial charge in [-0.05, 0) is 43.5 Å². The first kappa shape index (κ1) is 14.7. The first-order valence-corrected chi connectivity index (χ1v) is 7.04. The van der Waals surface area contributed by atoms with Gasteiger partial charge < -0.3 is 0 Å². The number of allylic oxidation sites excluding steroid dienone is 4. The van der Waals surface area contributed by atoms with Crippen molar-refractivity contribution >= 4 is 28.1 Å². The lowest BCUT2D eigenvalue weighted by Crippen LogP contribution is -1.95. The molecule has 1 heterocycles. The molecule has 3 heteroatoms. The summed E-state index contributed by atoms with van der Waals surface area (Å²) < 4.78 is 13.4. The summed E-state index contributed by atoms with van der Waals surface area (Å²) in [6, 6.07) is 4.50. The van der Waals surface area contributed by atoms with Gasteiger partial charge in [-0.2, -0.15) is 0 Å². The van der Waals surface area contributed by atoms with Crippen molar-refractivity contribution in [3.8, 4) is 0 Å². The summed E-state index contributed by atoms with van der Waals surface area (Å²) in [4.78, 5) is 4.58. The van der Waals surface area contributed by atoms with E-state index < -0.39 is 0 Å². The van der Waals surface area contributed by atoms with Crippen LogP contribution in [-0.4, -0.2) is 4.98 Å². The molecule has 1 aromatic carbocycles. The molecule has 0 unspecified atom stereocenters. The molecule has 2 aromatic rings. The highest BCUT2D eigenvalue weighted by atomic mass is 35.5. The monoisotopic (exact) mass is 289 g/mol. The minimum atomic E-state index is -0.304. The zero-order valence-corrected chi connectivity index (χ0v) is 12.6. The summed E-state index contributed by atoms with van der Waals surface area (Å²) >= 11 is 6.40. The molecule has 1 nitrogen and oxygen atoms in total. The first-order chi connectivity index (χ1) is 9.58. The molecule has 0 atom stereocenters. The van der Waals surface area contributed by atoms with Crippen LogP contribution in [-0.2, 0) is 0 Å². The third-order valence-corrected chi connectivity index (χ3v) is 3.72. The van der Waals surface area contributed by atoms with Crippen LogP contribution in [0.2, 0.25) is 5.02 Å². The highest BCUT2D eigenvalue weighted by molar-refractivity contribution is 6.36. The number of pyridine rings is 1. The largest absolute Gasteiger partial charge is 0.247 e. The molecule has 0 spiro atoms. The summed E-state index contributed by atoms with van der Waals surface area (Å²) in [5.74, 6) is -0.304. The molecule has 0 fully saturated rings. The van der Waals surface area contributed by atoms with Crippen LogP contribution >= 0.6 is 11.6 Å². The maximum Gasteiger partial charge on any atom is 0.125 e.